The summed E-state index contributed by atoms with van der Waals surface area (Å²) < 4.78 is 10.9. The second-order valence-corrected chi connectivity index (χ2v) is 6.82. The van der Waals surface area contributed by atoms with Gasteiger partial charge in [0.15, 0.2) is 0 Å². The fraction of sp³-hybridized carbons (Fsp3) is 0.500. The molecule has 1 aliphatic heterocycles. The molecule has 1 saturated heterocycles. The fourth-order valence-corrected chi connectivity index (χ4v) is 3.33. The van der Waals surface area contributed by atoms with Crippen LogP contribution in [0.15, 0.2) is 34.7 Å². The van der Waals surface area contributed by atoms with Crippen LogP contribution in [-0.4, -0.2) is 31.1 Å². The Labute approximate surface area is 144 Å². The van der Waals surface area contributed by atoms with Crippen molar-refractivity contribution in [2.45, 2.75) is 45.9 Å². The third kappa shape index (κ3) is 4.40. The molecule has 0 unspecified atom stereocenters. The van der Waals surface area contributed by atoms with E-state index in [1.807, 2.05) is 6.07 Å². The first-order valence-corrected chi connectivity index (χ1v) is 8.76. The topological polar surface area (TPSA) is 37.6 Å². The van der Waals surface area contributed by atoms with E-state index in [4.69, 9.17) is 9.15 Å². The highest BCUT2D eigenvalue weighted by atomic mass is 16.5. The lowest BCUT2D eigenvalue weighted by atomic mass is 10.0. The van der Waals surface area contributed by atoms with E-state index < -0.39 is 0 Å². The van der Waals surface area contributed by atoms with E-state index in [9.17, 15) is 0 Å². The summed E-state index contributed by atoms with van der Waals surface area (Å²) in [6.07, 6.45) is 2.44. The van der Waals surface area contributed by atoms with E-state index >= 15 is 0 Å². The average Bonchev–Trinajstić information content (AvgIpc) is 2.99. The van der Waals surface area contributed by atoms with Crippen molar-refractivity contribution in [1.82, 2.24) is 4.90 Å². The Morgan fingerprint density at radius 1 is 1.17 bits per heavy atom. The summed E-state index contributed by atoms with van der Waals surface area (Å²) in [5.74, 6) is 1.92. The number of nitrogens with zero attached hydrogens (tertiary/aromatic N) is 1. The van der Waals surface area contributed by atoms with Crippen molar-refractivity contribution in [1.29, 1.82) is 0 Å². The van der Waals surface area contributed by atoms with E-state index in [1.165, 1.54) is 29.7 Å². The van der Waals surface area contributed by atoms with Crippen LogP contribution in [0.3, 0.4) is 0 Å². The Bertz CT molecular complexity index is 665. The minimum absolute atomic E-state index is 0.495. The van der Waals surface area contributed by atoms with Gasteiger partial charge in [-0.2, -0.15) is 0 Å². The molecule has 130 valence electrons. The van der Waals surface area contributed by atoms with E-state index in [-0.39, 0.29) is 0 Å². The van der Waals surface area contributed by atoms with Gasteiger partial charge in [-0.15, -0.1) is 0 Å². The molecule has 0 aliphatic carbocycles. The van der Waals surface area contributed by atoms with Gasteiger partial charge in [0.1, 0.15) is 18.1 Å². The number of nitrogens with one attached hydrogen (secondary N) is 1. The summed E-state index contributed by atoms with van der Waals surface area (Å²) in [5.41, 5.74) is 3.91. The molecule has 2 heterocycles. The first-order valence-electron chi connectivity index (χ1n) is 8.76. The molecular weight excluding hydrogens is 300 g/mol. The Balaban J connectivity index is 1.56. The van der Waals surface area contributed by atoms with Crippen LogP contribution in [0.4, 0.5) is 5.69 Å². The van der Waals surface area contributed by atoms with Gasteiger partial charge in [-0.1, -0.05) is 6.07 Å². The number of likely N-dealkylation sites (tertiary alicyclic amines) is 1. The van der Waals surface area contributed by atoms with E-state index in [2.05, 4.69) is 48.3 Å². The predicted molar refractivity (Wildman–Crippen MR) is 97.3 cm³/mol. The minimum atomic E-state index is 0.495. The maximum Gasteiger partial charge on any atom is 0.129 e. The van der Waals surface area contributed by atoms with Crippen molar-refractivity contribution in [2.75, 3.05) is 25.5 Å². The highest BCUT2D eigenvalue weighted by molar-refractivity contribution is 5.48. The molecule has 0 bridgehead atoms. The Morgan fingerprint density at radius 2 is 2.00 bits per heavy atom. The van der Waals surface area contributed by atoms with E-state index in [0.717, 1.165) is 31.2 Å². The molecule has 4 heteroatoms. The van der Waals surface area contributed by atoms with Crippen LogP contribution in [-0.2, 0) is 17.9 Å². The molecule has 0 saturated carbocycles. The SMILES string of the molecule is COCc1ccc(CN2CCC[C@H](Nc3ccc(C)c(C)c3)C2)o1. The summed E-state index contributed by atoms with van der Waals surface area (Å²) in [5, 5.41) is 3.70. The molecule has 2 aromatic rings. The van der Waals surface area contributed by atoms with Gasteiger partial charge in [0.05, 0.1) is 6.54 Å². The van der Waals surface area contributed by atoms with E-state index in [0.29, 0.717) is 12.6 Å². The van der Waals surface area contributed by atoms with Crippen LogP contribution in [0.25, 0.3) is 0 Å². The van der Waals surface area contributed by atoms with Gasteiger partial charge in [-0.25, -0.2) is 0 Å². The minimum Gasteiger partial charge on any atom is -0.462 e. The molecule has 1 aromatic heterocycles. The number of benzene rings is 1. The third-order valence-corrected chi connectivity index (χ3v) is 4.77. The first-order chi connectivity index (χ1) is 11.6. The number of hydrogen-bond acceptors (Lipinski definition) is 4. The standard InChI is InChI=1S/C20H28N2O2/c1-15-6-7-17(11-16(15)2)21-18-5-4-10-22(12-18)13-19-8-9-20(24-19)14-23-3/h6-9,11,18,21H,4-5,10,12-14H2,1-3H3/t18-/m0/s1. The van der Waals surface area contributed by atoms with Crippen LogP contribution in [0, 0.1) is 13.8 Å². The van der Waals surface area contributed by atoms with Crippen LogP contribution in [0.5, 0.6) is 0 Å². The normalized spacial score (nSPS) is 18.7. The molecule has 1 atom stereocenters. The Hall–Kier alpha value is -1.78. The zero-order valence-corrected chi connectivity index (χ0v) is 15.0. The molecule has 1 aliphatic rings. The number of furan rings is 1. The Morgan fingerprint density at radius 3 is 2.79 bits per heavy atom. The quantitative estimate of drug-likeness (QED) is 0.865. The summed E-state index contributed by atoms with van der Waals surface area (Å²) >= 11 is 0. The molecule has 1 fully saturated rings. The number of rotatable bonds is 6. The smallest absolute Gasteiger partial charge is 0.129 e. The second-order valence-electron chi connectivity index (χ2n) is 6.82. The number of anilines is 1. The lowest BCUT2D eigenvalue weighted by molar-refractivity contribution is 0.155. The monoisotopic (exact) mass is 328 g/mol. The zero-order chi connectivity index (χ0) is 16.9. The van der Waals surface area contributed by atoms with Crippen LogP contribution < -0.4 is 5.32 Å². The van der Waals surface area contributed by atoms with Gasteiger partial charge >= 0.3 is 0 Å². The summed E-state index contributed by atoms with van der Waals surface area (Å²) in [7, 11) is 1.69. The largest absolute Gasteiger partial charge is 0.462 e. The highest BCUT2D eigenvalue weighted by Gasteiger charge is 2.20. The third-order valence-electron chi connectivity index (χ3n) is 4.77. The molecule has 1 N–H and O–H groups in total. The summed E-state index contributed by atoms with van der Waals surface area (Å²) in [4.78, 5) is 2.47. The number of ether oxygens (including phenoxy) is 1. The van der Waals surface area contributed by atoms with Crippen molar-refractivity contribution >= 4 is 5.69 Å². The predicted octanol–water partition coefficient (Wildman–Crippen LogP) is 4.12. The maximum absolute atomic E-state index is 5.82. The molecule has 4 nitrogen and oxygen atoms in total. The van der Waals surface area contributed by atoms with Crippen LogP contribution >= 0.6 is 0 Å². The van der Waals surface area contributed by atoms with Gasteiger partial charge in [0.2, 0.25) is 0 Å². The van der Waals surface area contributed by atoms with Crippen LogP contribution in [0.1, 0.15) is 35.5 Å². The lowest BCUT2D eigenvalue weighted by Gasteiger charge is -2.33. The number of piperidine rings is 1. The molecule has 0 amide bonds. The van der Waals surface area contributed by atoms with Gasteiger partial charge in [-0.05, 0) is 68.6 Å². The molecular formula is C20H28N2O2. The van der Waals surface area contributed by atoms with Gasteiger partial charge in [0, 0.05) is 25.4 Å². The van der Waals surface area contributed by atoms with Crippen molar-refractivity contribution in [3.05, 3.63) is 53.0 Å². The van der Waals surface area contributed by atoms with Gasteiger partial charge < -0.3 is 14.5 Å². The average molecular weight is 328 g/mol. The molecule has 0 radical (unpaired) electrons. The van der Waals surface area contributed by atoms with Crippen molar-refractivity contribution in [2.24, 2.45) is 0 Å². The van der Waals surface area contributed by atoms with Gasteiger partial charge in [0.25, 0.3) is 0 Å². The first kappa shape index (κ1) is 17.1. The summed E-state index contributed by atoms with van der Waals surface area (Å²) in [6, 6.07) is 11.2. The Kier molecular flexibility index (Phi) is 5.59. The number of aryl methyl sites for hydroxylation is 2. The molecule has 24 heavy (non-hydrogen) atoms. The molecule has 0 spiro atoms. The number of hydrogen-bond donors (Lipinski definition) is 1. The highest BCUT2D eigenvalue weighted by Crippen LogP contribution is 2.20. The fourth-order valence-electron chi connectivity index (χ4n) is 3.33. The van der Waals surface area contributed by atoms with Crippen LogP contribution in [0.2, 0.25) is 0 Å². The van der Waals surface area contributed by atoms with Crippen molar-refractivity contribution in [3.63, 3.8) is 0 Å². The zero-order valence-electron chi connectivity index (χ0n) is 15.0. The van der Waals surface area contributed by atoms with Crippen molar-refractivity contribution in [3.8, 4) is 0 Å². The molecule has 3 rings (SSSR count). The number of methoxy groups -OCH3 is 1. The van der Waals surface area contributed by atoms with Crippen molar-refractivity contribution < 1.29 is 9.15 Å². The maximum atomic E-state index is 5.82. The lowest BCUT2D eigenvalue weighted by Crippen LogP contribution is -2.41. The molecule has 1 aromatic carbocycles. The second kappa shape index (κ2) is 7.86. The van der Waals surface area contributed by atoms with Gasteiger partial charge in [-0.3, -0.25) is 4.90 Å². The summed E-state index contributed by atoms with van der Waals surface area (Å²) in [6.45, 7) is 7.91. The van der Waals surface area contributed by atoms with E-state index in [1.54, 1.807) is 7.11 Å².